The molecule has 1 amide bonds. The first kappa shape index (κ1) is 19.2. The summed E-state index contributed by atoms with van der Waals surface area (Å²) in [6.07, 6.45) is 0. The van der Waals surface area contributed by atoms with Gasteiger partial charge in [-0.25, -0.2) is 4.98 Å². The largest absolute Gasteiger partial charge is 0.322 e. The molecule has 0 aliphatic rings. The molecule has 0 unspecified atom stereocenters. The number of nitrogens with one attached hydrogen (secondary N) is 1. The van der Waals surface area contributed by atoms with Crippen molar-refractivity contribution in [2.45, 2.75) is 6.92 Å². The number of aromatic nitrogens is 3. The van der Waals surface area contributed by atoms with E-state index in [0.29, 0.717) is 28.0 Å². The number of hydrogen-bond donors (Lipinski definition) is 1. The molecule has 8 nitrogen and oxygen atoms in total. The first-order valence-corrected chi connectivity index (χ1v) is 9.00. The van der Waals surface area contributed by atoms with Crippen molar-refractivity contribution in [2.75, 3.05) is 5.32 Å². The molecule has 4 aromatic rings. The topological polar surface area (TPSA) is 103 Å². The van der Waals surface area contributed by atoms with Gasteiger partial charge in [0, 0.05) is 24.4 Å². The zero-order valence-electron chi connectivity index (χ0n) is 16.1. The summed E-state index contributed by atoms with van der Waals surface area (Å²) >= 11 is 0. The summed E-state index contributed by atoms with van der Waals surface area (Å²) in [4.78, 5) is 27.9. The number of halogens is 1. The summed E-state index contributed by atoms with van der Waals surface area (Å²) in [5.74, 6) is -1.48. The van der Waals surface area contributed by atoms with Crippen LogP contribution in [0.5, 0.6) is 0 Å². The Hall–Kier alpha value is -4.14. The lowest BCUT2D eigenvalue weighted by molar-refractivity contribution is -0.387. The second-order valence-corrected chi connectivity index (χ2v) is 6.71. The van der Waals surface area contributed by atoms with Crippen LogP contribution in [0.1, 0.15) is 16.1 Å². The fraction of sp³-hybridized carbons (Fsp3) is 0.0952. The van der Waals surface area contributed by atoms with E-state index in [0.717, 1.165) is 17.7 Å². The highest BCUT2D eigenvalue weighted by Crippen LogP contribution is 2.28. The summed E-state index contributed by atoms with van der Waals surface area (Å²) in [5.41, 5.74) is 2.28. The first-order valence-electron chi connectivity index (χ1n) is 9.00. The predicted octanol–water partition coefficient (Wildman–Crippen LogP) is 4.24. The normalized spacial score (nSPS) is 10.9. The molecule has 0 saturated carbocycles. The summed E-state index contributed by atoms with van der Waals surface area (Å²) < 4.78 is 15.2. The van der Waals surface area contributed by atoms with Crippen molar-refractivity contribution in [3.05, 3.63) is 81.8 Å². The molecule has 0 aliphatic heterocycles. The number of fused-ring (bicyclic) bond motifs is 1. The fourth-order valence-corrected chi connectivity index (χ4v) is 3.31. The third-order valence-corrected chi connectivity index (χ3v) is 4.68. The minimum absolute atomic E-state index is 0.112. The van der Waals surface area contributed by atoms with Gasteiger partial charge in [0.05, 0.1) is 27.3 Å². The van der Waals surface area contributed by atoms with Gasteiger partial charge in [0.25, 0.3) is 5.91 Å². The van der Waals surface area contributed by atoms with Crippen molar-refractivity contribution in [2.24, 2.45) is 7.05 Å². The Bertz CT molecular complexity index is 1300. The molecule has 0 aliphatic carbocycles. The van der Waals surface area contributed by atoms with Crippen LogP contribution in [0.15, 0.2) is 54.6 Å². The molecule has 0 spiro atoms. The molecule has 2 aromatic heterocycles. The van der Waals surface area contributed by atoms with Crippen LogP contribution >= 0.6 is 0 Å². The van der Waals surface area contributed by atoms with E-state index in [1.165, 1.54) is 6.07 Å². The highest BCUT2D eigenvalue weighted by atomic mass is 19.1. The molecule has 2 heterocycles. The zero-order valence-corrected chi connectivity index (χ0v) is 16.1. The maximum atomic E-state index is 13.6. The zero-order chi connectivity index (χ0) is 21.4. The van der Waals surface area contributed by atoms with Crippen molar-refractivity contribution in [3.8, 4) is 11.3 Å². The van der Waals surface area contributed by atoms with Gasteiger partial charge >= 0.3 is 5.69 Å². The highest BCUT2D eigenvalue weighted by molar-refractivity contribution is 6.13. The van der Waals surface area contributed by atoms with Crippen LogP contribution in [-0.2, 0) is 7.05 Å². The molecule has 0 fully saturated rings. The quantitative estimate of drug-likeness (QED) is 0.404. The van der Waals surface area contributed by atoms with Crippen LogP contribution in [0, 0.1) is 22.9 Å². The number of nitro groups is 1. The maximum Gasteiger partial charge on any atom is 0.306 e. The van der Waals surface area contributed by atoms with Crippen LogP contribution in [0.3, 0.4) is 0 Å². The van der Waals surface area contributed by atoms with Gasteiger partial charge in [-0.15, -0.1) is 0 Å². The van der Waals surface area contributed by atoms with Crippen LogP contribution in [0.25, 0.3) is 22.3 Å². The molecular formula is C21H16FN5O3. The number of rotatable bonds is 4. The number of benzene rings is 2. The molecule has 9 heteroatoms. The Labute approximate surface area is 170 Å². The van der Waals surface area contributed by atoms with Crippen LogP contribution in [-0.4, -0.2) is 25.6 Å². The number of pyridine rings is 1. The summed E-state index contributed by atoms with van der Waals surface area (Å²) in [5, 5.41) is 18.5. The molecule has 1 N–H and O–H groups in total. The summed E-state index contributed by atoms with van der Waals surface area (Å²) in [7, 11) is 1.74. The fourth-order valence-electron chi connectivity index (χ4n) is 3.31. The number of carbonyl (C=O) groups is 1. The van der Waals surface area contributed by atoms with Gasteiger partial charge < -0.3 is 5.32 Å². The summed E-state index contributed by atoms with van der Waals surface area (Å²) in [6.45, 7) is 1.77. The summed E-state index contributed by atoms with van der Waals surface area (Å²) in [6, 6.07) is 14.2. The van der Waals surface area contributed by atoms with E-state index in [1.807, 2.05) is 30.3 Å². The van der Waals surface area contributed by atoms with Gasteiger partial charge in [-0.3, -0.25) is 19.6 Å². The minimum atomic E-state index is -0.973. The number of amides is 1. The van der Waals surface area contributed by atoms with Gasteiger partial charge in [-0.2, -0.15) is 9.49 Å². The van der Waals surface area contributed by atoms with E-state index in [9.17, 15) is 19.3 Å². The van der Waals surface area contributed by atoms with Crippen molar-refractivity contribution >= 4 is 28.3 Å². The Balaban J connectivity index is 1.82. The third-order valence-electron chi connectivity index (χ3n) is 4.68. The molecular weight excluding hydrogens is 389 g/mol. The van der Waals surface area contributed by atoms with Gasteiger partial charge in [0.2, 0.25) is 5.82 Å². The van der Waals surface area contributed by atoms with Gasteiger partial charge in [0.1, 0.15) is 0 Å². The van der Waals surface area contributed by atoms with Crippen LogP contribution in [0.4, 0.5) is 15.8 Å². The van der Waals surface area contributed by atoms with Gasteiger partial charge in [-0.1, -0.05) is 30.3 Å². The van der Waals surface area contributed by atoms with Gasteiger partial charge in [-0.05, 0) is 25.1 Å². The van der Waals surface area contributed by atoms with E-state index < -0.39 is 22.3 Å². The molecule has 30 heavy (non-hydrogen) atoms. The highest BCUT2D eigenvalue weighted by Gasteiger charge is 2.21. The lowest BCUT2D eigenvalue weighted by atomic mass is 10.0. The number of anilines is 1. The van der Waals surface area contributed by atoms with Crippen molar-refractivity contribution < 1.29 is 14.1 Å². The second-order valence-electron chi connectivity index (χ2n) is 6.71. The average molecular weight is 405 g/mol. The van der Waals surface area contributed by atoms with E-state index in [-0.39, 0.29) is 5.69 Å². The number of hydrogen-bond acceptors (Lipinski definition) is 5. The molecule has 4 rings (SSSR count). The third kappa shape index (κ3) is 3.37. The van der Waals surface area contributed by atoms with Gasteiger partial charge in [0.15, 0.2) is 5.65 Å². The number of nitro benzene ring substituents is 1. The monoisotopic (exact) mass is 405 g/mol. The van der Waals surface area contributed by atoms with E-state index in [2.05, 4.69) is 15.4 Å². The maximum absolute atomic E-state index is 13.6. The van der Waals surface area contributed by atoms with E-state index in [1.54, 1.807) is 24.7 Å². The van der Waals surface area contributed by atoms with E-state index >= 15 is 0 Å². The first-order chi connectivity index (χ1) is 14.3. The number of carbonyl (C=O) groups excluding carboxylic acids is 1. The molecule has 2 aromatic carbocycles. The van der Waals surface area contributed by atoms with Crippen molar-refractivity contribution in [1.82, 2.24) is 14.8 Å². The SMILES string of the molecule is Cc1nn(C)c2nc(-c3ccccc3)cc(C(=O)Nc3ccc(F)c([N+](=O)[O-])c3)c12. The molecule has 0 atom stereocenters. The molecule has 150 valence electrons. The van der Waals surface area contributed by atoms with Crippen LogP contribution in [0.2, 0.25) is 0 Å². The number of nitrogens with zero attached hydrogens (tertiary/aromatic N) is 4. The number of aryl methyl sites for hydroxylation is 2. The second kappa shape index (κ2) is 7.36. The lowest BCUT2D eigenvalue weighted by Gasteiger charge is -2.10. The molecule has 0 saturated heterocycles. The smallest absolute Gasteiger partial charge is 0.306 e. The Morgan fingerprint density at radius 1 is 1.17 bits per heavy atom. The minimum Gasteiger partial charge on any atom is -0.322 e. The Kier molecular flexibility index (Phi) is 4.71. The lowest BCUT2D eigenvalue weighted by Crippen LogP contribution is -2.13. The predicted molar refractivity (Wildman–Crippen MR) is 110 cm³/mol. The van der Waals surface area contributed by atoms with E-state index in [4.69, 9.17) is 0 Å². The Morgan fingerprint density at radius 2 is 1.90 bits per heavy atom. The molecule has 0 radical (unpaired) electrons. The Morgan fingerprint density at radius 3 is 2.60 bits per heavy atom. The standard InChI is InChI=1S/C21H16FN5O3/c1-12-19-15(21(28)23-14-8-9-16(22)18(10-14)27(29)30)11-17(13-6-4-3-5-7-13)24-20(19)26(2)25-12/h3-11H,1-2H3,(H,23,28). The average Bonchev–Trinajstić information content (AvgIpc) is 3.03. The van der Waals surface area contributed by atoms with Crippen molar-refractivity contribution in [1.29, 1.82) is 0 Å². The van der Waals surface area contributed by atoms with Crippen molar-refractivity contribution in [3.63, 3.8) is 0 Å². The van der Waals surface area contributed by atoms with Crippen LogP contribution < -0.4 is 5.32 Å². The molecule has 0 bridgehead atoms.